The monoisotopic (exact) mass is 202 g/mol. The van der Waals surface area contributed by atoms with Crippen molar-refractivity contribution < 1.29 is 5.11 Å². The highest BCUT2D eigenvalue weighted by Crippen LogP contribution is 2.30. The lowest BCUT2D eigenvalue weighted by Crippen LogP contribution is -1.92. The third kappa shape index (κ3) is 2.50. The van der Waals surface area contributed by atoms with Crippen LogP contribution in [0.3, 0.4) is 0 Å². The van der Waals surface area contributed by atoms with Crippen LogP contribution in [0, 0.1) is 0 Å². The van der Waals surface area contributed by atoms with Gasteiger partial charge in [0.15, 0.2) is 0 Å². The summed E-state index contributed by atoms with van der Waals surface area (Å²) >= 11 is 0. The molecule has 1 heteroatoms. The Morgan fingerprint density at radius 2 is 2.13 bits per heavy atom. The SMILES string of the molecule is C=CCc1cc(CC)cc(C(=C)C)c1O. The molecule has 0 saturated carbocycles. The number of aromatic hydroxyl groups is 1. The van der Waals surface area contributed by atoms with Gasteiger partial charge < -0.3 is 5.11 Å². The van der Waals surface area contributed by atoms with Crippen LogP contribution in [0.1, 0.15) is 30.5 Å². The summed E-state index contributed by atoms with van der Waals surface area (Å²) in [7, 11) is 0. The molecule has 0 fully saturated rings. The van der Waals surface area contributed by atoms with Crippen LogP contribution in [0.15, 0.2) is 31.4 Å². The molecule has 0 bridgehead atoms. The van der Waals surface area contributed by atoms with Gasteiger partial charge in [0.2, 0.25) is 0 Å². The average molecular weight is 202 g/mol. The highest BCUT2D eigenvalue weighted by Gasteiger charge is 2.08. The third-order valence-electron chi connectivity index (χ3n) is 2.48. The van der Waals surface area contributed by atoms with Gasteiger partial charge in [0.25, 0.3) is 0 Å². The van der Waals surface area contributed by atoms with Crippen LogP contribution >= 0.6 is 0 Å². The Balaban J connectivity index is 3.32. The molecule has 0 atom stereocenters. The van der Waals surface area contributed by atoms with Crippen LogP contribution in [0.25, 0.3) is 5.57 Å². The molecule has 0 radical (unpaired) electrons. The summed E-state index contributed by atoms with van der Waals surface area (Å²) in [5.74, 6) is 0.347. The van der Waals surface area contributed by atoms with Crippen LogP contribution in [-0.4, -0.2) is 5.11 Å². The third-order valence-corrected chi connectivity index (χ3v) is 2.48. The topological polar surface area (TPSA) is 20.2 Å². The molecular weight excluding hydrogens is 184 g/mol. The Bertz CT molecular complexity index is 389. The molecule has 0 heterocycles. The quantitative estimate of drug-likeness (QED) is 0.738. The first-order valence-corrected chi connectivity index (χ1v) is 5.21. The highest BCUT2D eigenvalue weighted by atomic mass is 16.3. The molecule has 15 heavy (non-hydrogen) atoms. The van der Waals surface area contributed by atoms with Crippen molar-refractivity contribution in [2.24, 2.45) is 0 Å². The summed E-state index contributed by atoms with van der Waals surface area (Å²) in [5, 5.41) is 10.0. The molecule has 0 unspecified atom stereocenters. The zero-order valence-corrected chi connectivity index (χ0v) is 9.51. The molecule has 1 N–H and O–H groups in total. The molecule has 0 spiro atoms. The van der Waals surface area contributed by atoms with Gasteiger partial charge in [-0.3, -0.25) is 0 Å². The maximum Gasteiger partial charge on any atom is 0.126 e. The minimum atomic E-state index is 0.347. The molecule has 0 amide bonds. The lowest BCUT2D eigenvalue weighted by molar-refractivity contribution is 0.467. The van der Waals surface area contributed by atoms with Crippen molar-refractivity contribution in [2.75, 3.05) is 0 Å². The summed E-state index contributed by atoms with van der Waals surface area (Å²) in [5.41, 5.74) is 3.91. The van der Waals surface area contributed by atoms with E-state index in [0.29, 0.717) is 12.2 Å². The molecule has 0 aliphatic carbocycles. The van der Waals surface area contributed by atoms with Crippen molar-refractivity contribution in [1.82, 2.24) is 0 Å². The van der Waals surface area contributed by atoms with Crippen molar-refractivity contribution in [1.29, 1.82) is 0 Å². The number of hydrogen-bond acceptors (Lipinski definition) is 1. The summed E-state index contributed by atoms with van der Waals surface area (Å²) in [6.45, 7) is 11.6. The molecule has 80 valence electrons. The second-order valence-electron chi connectivity index (χ2n) is 3.78. The fraction of sp³-hybridized carbons (Fsp3) is 0.286. The van der Waals surface area contributed by atoms with E-state index < -0.39 is 0 Å². The Morgan fingerprint density at radius 1 is 1.47 bits per heavy atom. The minimum absolute atomic E-state index is 0.347. The largest absolute Gasteiger partial charge is 0.507 e. The predicted molar refractivity (Wildman–Crippen MR) is 66.1 cm³/mol. The summed E-state index contributed by atoms with van der Waals surface area (Å²) in [6.07, 6.45) is 3.46. The molecule has 1 nitrogen and oxygen atoms in total. The number of benzene rings is 1. The van der Waals surface area contributed by atoms with Gasteiger partial charge in [-0.05, 0) is 42.5 Å². The van der Waals surface area contributed by atoms with Crippen LogP contribution in [0.5, 0.6) is 5.75 Å². The fourth-order valence-electron chi connectivity index (χ4n) is 1.60. The predicted octanol–water partition coefficient (Wildman–Crippen LogP) is 3.72. The van der Waals surface area contributed by atoms with Crippen molar-refractivity contribution in [3.05, 3.63) is 48.1 Å². The first kappa shape index (κ1) is 11.6. The standard InChI is InChI=1S/C14H18O/c1-5-7-12-8-11(6-2)9-13(10(3)4)14(12)15/h5,8-9,15H,1,3,6-7H2,2,4H3. The van der Waals surface area contributed by atoms with Crippen molar-refractivity contribution in [3.63, 3.8) is 0 Å². The van der Waals surface area contributed by atoms with Gasteiger partial charge >= 0.3 is 0 Å². The van der Waals surface area contributed by atoms with Gasteiger partial charge in [-0.15, -0.1) is 6.58 Å². The highest BCUT2D eigenvalue weighted by molar-refractivity contribution is 5.69. The van der Waals surface area contributed by atoms with Gasteiger partial charge in [0, 0.05) is 5.56 Å². The number of rotatable bonds is 4. The number of allylic oxidation sites excluding steroid dienone is 2. The van der Waals surface area contributed by atoms with Gasteiger partial charge in [-0.2, -0.15) is 0 Å². The van der Waals surface area contributed by atoms with Gasteiger partial charge in [-0.1, -0.05) is 25.6 Å². The zero-order chi connectivity index (χ0) is 11.4. The molecule has 1 aromatic carbocycles. The zero-order valence-electron chi connectivity index (χ0n) is 9.51. The summed E-state index contributed by atoms with van der Waals surface area (Å²) in [6, 6.07) is 4.04. The van der Waals surface area contributed by atoms with E-state index in [-0.39, 0.29) is 0 Å². The number of hydrogen-bond donors (Lipinski definition) is 1. The molecule has 1 aromatic rings. The normalized spacial score (nSPS) is 10.0. The lowest BCUT2D eigenvalue weighted by Gasteiger charge is -2.11. The summed E-state index contributed by atoms with van der Waals surface area (Å²) < 4.78 is 0. The maximum absolute atomic E-state index is 10.0. The number of aryl methyl sites for hydroxylation is 1. The first-order chi connectivity index (χ1) is 7.10. The molecule has 0 aromatic heterocycles. The van der Waals surface area contributed by atoms with E-state index in [9.17, 15) is 5.11 Å². The number of phenolic OH excluding ortho intramolecular Hbond substituents is 1. The van der Waals surface area contributed by atoms with Crippen molar-refractivity contribution >= 4 is 5.57 Å². The lowest BCUT2D eigenvalue weighted by atomic mass is 9.97. The first-order valence-electron chi connectivity index (χ1n) is 5.21. The molecular formula is C14H18O. The van der Waals surface area contributed by atoms with E-state index in [0.717, 1.165) is 23.1 Å². The molecule has 0 saturated heterocycles. The smallest absolute Gasteiger partial charge is 0.126 e. The van der Waals surface area contributed by atoms with E-state index in [1.807, 2.05) is 19.1 Å². The molecule has 0 aliphatic rings. The Kier molecular flexibility index (Phi) is 3.73. The average Bonchev–Trinajstić information content (AvgIpc) is 2.21. The van der Waals surface area contributed by atoms with Gasteiger partial charge in [-0.25, -0.2) is 0 Å². The van der Waals surface area contributed by atoms with Crippen molar-refractivity contribution in [3.8, 4) is 5.75 Å². The minimum Gasteiger partial charge on any atom is -0.507 e. The Morgan fingerprint density at radius 3 is 2.60 bits per heavy atom. The van der Waals surface area contributed by atoms with E-state index in [4.69, 9.17) is 0 Å². The van der Waals surface area contributed by atoms with Crippen LogP contribution < -0.4 is 0 Å². The molecule has 0 aliphatic heterocycles. The molecule has 1 rings (SSSR count). The van der Waals surface area contributed by atoms with Crippen LogP contribution in [0.2, 0.25) is 0 Å². The van der Waals surface area contributed by atoms with Gasteiger partial charge in [0.05, 0.1) is 0 Å². The van der Waals surface area contributed by atoms with E-state index in [1.165, 1.54) is 5.56 Å². The maximum atomic E-state index is 10.0. The Labute approximate surface area is 91.8 Å². The Hall–Kier alpha value is -1.50. The fourth-order valence-corrected chi connectivity index (χ4v) is 1.60. The second-order valence-corrected chi connectivity index (χ2v) is 3.78. The van der Waals surface area contributed by atoms with Gasteiger partial charge in [0.1, 0.15) is 5.75 Å². The van der Waals surface area contributed by atoms with Crippen LogP contribution in [-0.2, 0) is 12.8 Å². The second kappa shape index (κ2) is 4.83. The van der Waals surface area contributed by atoms with E-state index in [2.05, 4.69) is 20.1 Å². The number of phenols is 1. The van der Waals surface area contributed by atoms with E-state index >= 15 is 0 Å². The summed E-state index contributed by atoms with van der Waals surface area (Å²) in [4.78, 5) is 0. The van der Waals surface area contributed by atoms with Crippen molar-refractivity contribution in [2.45, 2.75) is 26.7 Å². The van der Waals surface area contributed by atoms with E-state index in [1.54, 1.807) is 6.08 Å². The van der Waals surface area contributed by atoms with Crippen LogP contribution in [0.4, 0.5) is 0 Å².